The summed E-state index contributed by atoms with van der Waals surface area (Å²) in [5.41, 5.74) is 0.245. The van der Waals surface area contributed by atoms with Gasteiger partial charge in [0.2, 0.25) is 0 Å². The summed E-state index contributed by atoms with van der Waals surface area (Å²) in [6.07, 6.45) is 0. The Morgan fingerprint density at radius 2 is 1.74 bits per heavy atom. The minimum absolute atomic E-state index is 0.0422. The first-order chi connectivity index (χ1) is 9.16. The molecular formula is C13H10N2O4. The lowest BCUT2D eigenvalue weighted by Gasteiger charge is -1.99. The van der Waals surface area contributed by atoms with Crippen molar-refractivity contribution in [3.8, 4) is 11.5 Å². The van der Waals surface area contributed by atoms with Crippen LogP contribution in [0.1, 0.15) is 10.4 Å². The van der Waals surface area contributed by atoms with Crippen molar-refractivity contribution in [2.24, 2.45) is 10.4 Å². The first kappa shape index (κ1) is 12.6. The Hall–Kier alpha value is -2.89. The van der Waals surface area contributed by atoms with Gasteiger partial charge in [-0.15, -0.1) is 5.11 Å². The Morgan fingerprint density at radius 1 is 1.05 bits per heavy atom. The maximum atomic E-state index is 10.9. The average Bonchev–Trinajstić information content (AvgIpc) is 2.41. The van der Waals surface area contributed by atoms with Gasteiger partial charge in [0.05, 0.1) is 5.56 Å². The average molecular weight is 258 g/mol. The second kappa shape index (κ2) is 5.63. The van der Waals surface area contributed by atoms with Crippen molar-refractivity contribution in [3.63, 3.8) is 0 Å². The molecule has 0 heterocycles. The Morgan fingerprint density at radius 3 is 2.42 bits per heavy atom. The quantitative estimate of drug-likeness (QED) is 0.650. The first-order valence-electron chi connectivity index (χ1n) is 5.36. The first-order valence-corrected chi connectivity index (χ1v) is 5.36. The number of carboxylic acids is 1. The zero-order valence-electron chi connectivity index (χ0n) is 9.72. The molecule has 96 valence electrons. The number of phenols is 1. The molecule has 0 fully saturated rings. The van der Waals surface area contributed by atoms with Gasteiger partial charge in [0.1, 0.15) is 11.4 Å². The van der Waals surface area contributed by atoms with Gasteiger partial charge in [-0.25, -0.2) is 4.79 Å². The van der Waals surface area contributed by atoms with Crippen LogP contribution in [-0.4, -0.2) is 16.2 Å². The molecular weight excluding hydrogens is 248 g/mol. The van der Waals surface area contributed by atoms with E-state index < -0.39 is 5.97 Å². The third kappa shape index (κ3) is 3.29. The van der Waals surface area contributed by atoms with Crippen LogP contribution in [0.15, 0.2) is 58.9 Å². The number of nitrogens with zero attached hydrogens (tertiary/aromatic N) is 2. The van der Waals surface area contributed by atoms with Crippen LogP contribution in [0.25, 0.3) is 0 Å². The number of aromatic hydroxyl groups is 1. The van der Waals surface area contributed by atoms with Crippen molar-refractivity contribution < 1.29 is 19.8 Å². The molecule has 0 atom stereocenters. The molecule has 2 N–H and O–H groups in total. The van der Waals surface area contributed by atoms with Crippen LogP contribution in [0.5, 0.6) is 11.5 Å². The fourth-order valence-corrected chi connectivity index (χ4v) is 1.36. The fourth-order valence-electron chi connectivity index (χ4n) is 1.36. The molecule has 0 bridgehead atoms. The van der Waals surface area contributed by atoms with Crippen LogP contribution in [-0.2, 0) is 0 Å². The summed E-state index contributed by atoms with van der Waals surface area (Å²) >= 11 is 0. The number of aromatic carboxylic acids is 1. The van der Waals surface area contributed by atoms with Crippen molar-refractivity contribution in [2.75, 3.05) is 0 Å². The number of hydrogen-bond donors (Lipinski definition) is 2. The number of phenolic OH excluding ortho intramolecular Hbond substituents is 1. The molecule has 2 aromatic rings. The van der Waals surface area contributed by atoms with Gasteiger partial charge >= 0.3 is 5.97 Å². The number of carbonyl (C=O) groups is 1. The third-order valence-corrected chi connectivity index (χ3v) is 2.27. The molecule has 0 aliphatic heterocycles. The summed E-state index contributed by atoms with van der Waals surface area (Å²) in [4.78, 5) is 15.9. The van der Waals surface area contributed by atoms with Crippen LogP contribution in [0.3, 0.4) is 0 Å². The predicted molar refractivity (Wildman–Crippen MR) is 66.7 cm³/mol. The molecule has 0 radical (unpaired) electrons. The maximum Gasteiger partial charge on any atom is 0.337 e. The van der Waals surface area contributed by atoms with Gasteiger partial charge in [-0.2, -0.15) is 0 Å². The van der Waals surface area contributed by atoms with Crippen molar-refractivity contribution >= 4 is 11.7 Å². The van der Waals surface area contributed by atoms with E-state index in [2.05, 4.69) is 10.4 Å². The van der Waals surface area contributed by atoms with E-state index in [4.69, 9.17) is 15.1 Å². The van der Waals surface area contributed by atoms with E-state index in [1.165, 1.54) is 36.4 Å². The normalized spacial score (nSPS) is 10.5. The Bertz CT molecular complexity index is 608. The summed E-state index contributed by atoms with van der Waals surface area (Å²) in [6.45, 7) is 0. The number of carboxylic acid groups (broad SMARTS) is 1. The van der Waals surface area contributed by atoms with Crippen LogP contribution >= 0.6 is 0 Å². The van der Waals surface area contributed by atoms with Gasteiger partial charge in [-0.3, -0.25) is 0 Å². The van der Waals surface area contributed by atoms with E-state index in [0.717, 1.165) is 0 Å². The number of benzene rings is 2. The molecule has 6 heteroatoms. The largest absolute Gasteiger partial charge is 0.508 e. The maximum absolute atomic E-state index is 10.9. The van der Waals surface area contributed by atoms with E-state index in [1.54, 1.807) is 12.1 Å². The highest BCUT2D eigenvalue weighted by atomic mass is 16.6. The summed E-state index contributed by atoms with van der Waals surface area (Å²) in [5, 5.41) is 25.2. The second-order valence-electron chi connectivity index (χ2n) is 3.59. The van der Waals surface area contributed by atoms with Crippen LogP contribution in [0, 0.1) is 0 Å². The van der Waals surface area contributed by atoms with E-state index in [1.807, 2.05) is 0 Å². The van der Waals surface area contributed by atoms with Crippen molar-refractivity contribution in [1.82, 2.24) is 0 Å². The fraction of sp³-hybridized carbons (Fsp3) is 0. The Balaban J connectivity index is 2.11. The molecule has 0 aromatic heterocycles. The zero-order valence-corrected chi connectivity index (χ0v) is 9.72. The van der Waals surface area contributed by atoms with Gasteiger partial charge in [0, 0.05) is 5.28 Å². The Labute approximate surface area is 108 Å². The highest BCUT2D eigenvalue weighted by molar-refractivity contribution is 5.93. The molecule has 0 spiro atoms. The van der Waals surface area contributed by atoms with Gasteiger partial charge in [0.25, 0.3) is 0 Å². The van der Waals surface area contributed by atoms with Gasteiger partial charge in [0.15, 0.2) is 5.75 Å². The molecule has 0 amide bonds. The zero-order chi connectivity index (χ0) is 13.7. The van der Waals surface area contributed by atoms with Gasteiger partial charge in [-0.05, 0) is 36.4 Å². The topological polar surface area (TPSA) is 91.5 Å². The van der Waals surface area contributed by atoms with E-state index in [-0.39, 0.29) is 17.0 Å². The van der Waals surface area contributed by atoms with Crippen LogP contribution < -0.4 is 4.84 Å². The monoisotopic (exact) mass is 258 g/mol. The lowest BCUT2D eigenvalue weighted by atomic mass is 10.2. The molecule has 19 heavy (non-hydrogen) atoms. The highest BCUT2D eigenvalue weighted by Crippen LogP contribution is 2.20. The van der Waals surface area contributed by atoms with Crippen LogP contribution in [0.2, 0.25) is 0 Å². The molecule has 2 rings (SSSR count). The lowest BCUT2D eigenvalue weighted by Crippen LogP contribution is -1.95. The molecule has 0 aliphatic rings. The smallest absolute Gasteiger partial charge is 0.337 e. The van der Waals surface area contributed by atoms with Gasteiger partial charge in [-0.1, -0.05) is 12.1 Å². The van der Waals surface area contributed by atoms with E-state index in [0.29, 0.717) is 5.75 Å². The lowest BCUT2D eigenvalue weighted by molar-refractivity contribution is 0.0697. The van der Waals surface area contributed by atoms with Crippen molar-refractivity contribution in [1.29, 1.82) is 0 Å². The molecule has 0 aliphatic carbocycles. The molecule has 0 unspecified atom stereocenters. The minimum Gasteiger partial charge on any atom is -0.508 e. The second-order valence-corrected chi connectivity index (χ2v) is 3.59. The van der Waals surface area contributed by atoms with Crippen LogP contribution in [0.4, 0.5) is 5.69 Å². The van der Waals surface area contributed by atoms with E-state index >= 15 is 0 Å². The SMILES string of the molecule is O=C(O)c1ccccc1N=NOc1ccc(O)cc1. The minimum atomic E-state index is -1.08. The summed E-state index contributed by atoms with van der Waals surface area (Å²) in [6, 6.07) is 12.1. The summed E-state index contributed by atoms with van der Waals surface area (Å²) in [5.74, 6) is -0.589. The molecule has 6 nitrogen and oxygen atoms in total. The van der Waals surface area contributed by atoms with Gasteiger partial charge < -0.3 is 15.1 Å². The van der Waals surface area contributed by atoms with E-state index in [9.17, 15) is 4.79 Å². The highest BCUT2D eigenvalue weighted by Gasteiger charge is 2.07. The van der Waals surface area contributed by atoms with Crippen molar-refractivity contribution in [2.45, 2.75) is 0 Å². The molecule has 2 aromatic carbocycles. The summed E-state index contributed by atoms with van der Waals surface area (Å²) < 4.78 is 0. The number of rotatable bonds is 4. The van der Waals surface area contributed by atoms with Crippen molar-refractivity contribution in [3.05, 3.63) is 54.1 Å². The summed E-state index contributed by atoms with van der Waals surface area (Å²) in [7, 11) is 0. The number of hydrogen-bond acceptors (Lipinski definition) is 5. The third-order valence-electron chi connectivity index (χ3n) is 2.27. The Kier molecular flexibility index (Phi) is 3.72. The molecule has 0 saturated carbocycles. The standard InChI is InChI=1S/C13H10N2O4/c16-9-5-7-10(8-6-9)19-15-14-12-4-2-1-3-11(12)13(17)18/h1-8,16H,(H,17,18). The molecule has 0 saturated heterocycles. The predicted octanol–water partition coefficient (Wildman–Crippen LogP) is 3.17.